The highest BCUT2D eigenvalue weighted by Gasteiger charge is 2.06. The van der Waals surface area contributed by atoms with Crippen LogP contribution in [0.25, 0.3) is 0 Å². The lowest BCUT2D eigenvalue weighted by Gasteiger charge is -2.22. The largest absolute Gasteiger partial charge is 0.492 e. The number of ether oxygens (including phenoxy) is 1. The number of guanidine groups is 1. The summed E-state index contributed by atoms with van der Waals surface area (Å²) in [5.41, 5.74) is 0. The van der Waals surface area contributed by atoms with Crippen LogP contribution >= 0.6 is 24.0 Å². The van der Waals surface area contributed by atoms with Gasteiger partial charge in [0.2, 0.25) is 0 Å². The number of nitrogens with zero attached hydrogens (tertiary/aromatic N) is 2. The Morgan fingerprint density at radius 3 is 2.65 bits per heavy atom. The molecule has 6 heteroatoms. The topological polar surface area (TPSA) is 50.0 Å². The Morgan fingerprint density at radius 2 is 2.00 bits per heavy atom. The van der Waals surface area contributed by atoms with E-state index in [2.05, 4.69) is 22.1 Å². The maximum Gasteiger partial charge on any atom is 0.194 e. The summed E-state index contributed by atoms with van der Waals surface area (Å²) < 4.78 is 11.0. The summed E-state index contributed by atoms with van der Waals surface area (Å²) in [5, 5.41) is 3.27. The first-order valence-corrected chi connectivity index (χ1v) is 7.49. The van der Waals surface area contributed by atoms with Gasteiger partial charge in [0.15, 0.2) is 5.96 Å². The van der Waals surface area contributed by atoms with Gasteiger partial charge in [-0.3, -0.25) is 0 Å². The molecule has 0 bridgehead atoms. The number of aliphatic imine (C=N–C) groups is 1. The quantitative estimate of drug-likeness (QED) is 0.417. The lowest BCUT2D eigenvalue weighted by atomic mass is 10.3. The summed E-state index contributed by atoms with van der Waals surface area (Å²) in [6, 6.07) is 13.6. The number of nitrogens with one attached hydrogen (secondary N) is 1. The molecule has 23 heavy (non-hydrogen) atoms. The molecule has 5 nitrogen and oxygen atoms in total. The van der Waals surface area contributed by atoms with Gasteiger partial charge in [0.1, 0.15) is 24.7 Å². The van der Waals surface area contributed by atoms with Crippen LogP contribution in [0.3, 0.4) is 0 Å². The number of hydrogen-bond donors (Lipinski definition) is 1. The van der Waals surface area contributed by atoms with Gasteiger partial charge in [-0.2, -0.15) is 0 Å². The van der Waals surface area contributed by atoms with Gasteiger partial charge in [-0.25, -0.2) is 4.99 Å². The van der Waals surface area contributed by atoms with E-state index in [1.807, 2.05) is 49.5 Å². The van der Waals surface area contributed by atoms with E-state index < -0.39 is 0 Å². The fourth-order valence-electron chi connectivity index (χ4n) is 1.95. The van der Waals surface area contributed by atoms with Crippen molar-refractivity contribution in [1.82, 2.24) is 10.2 Å². The van der Waals surface area contributed by atoms with Gasteiger partial charge < -0.3 is 19.4 Å². The molecule has 1 heterocycles. The average Bonchev–Trinajstić information content (AvgIpc) is 3.05. The van der Waals surface area contributed by atoms with Gasteiger partial charge in [0, 0.05) is 13.6 Å². The number of benzene rings is 1. The molecule has 2 aromatic rings. The van der Waals surface area contributed by atoms with Gasteiger partial charge in [-0.05, 0) is 31.2 Å². The third-order valence-electron chi connectivity index (χ3n) is 3.10. The second-order valence-electron chi connectivity index (χ2n) is 4.83. The van der Waals surface area contributed by atoms with Gasteiger partial charge in [-0.15, -0.1) is 24.0 Å². The van der Waals surface area contributed by atoms with Crippen molar-refractivity contribution in [2.24, 2.45) is 4.99 Å². The summed E-state index contributed by atoms with van der Waals surface area (Å²) in [4.78, 5) is 6.61. The van der Waals surface area contributed by atoms with Gasteiger partial charge >= 0.3 is 0 Å². The number of likely N-dealkylation sites (N-methyl/N-ethyl adjacent to an activating group) is 1. The van der Waals surface area contributed by atoms with Gasteiger partial charge in [-0.1, -0.05) is 18.2 Å². The number of para-hydroxylation sites is 1. The van der Waals surface area contributed by atoms with Crippen LogP contribution in [0, 0.1) is 0 Å². The van der Waals surface area contributed by atoms with Crippen molar-refractivity contribution in [3.05, 3.63) is 54.5 Å². The maximum absolute atomic E-state index is 5.71. The molecule has 1 aromatic heterocycles. The van der Waals surface area contributed by atoms with E-state index in [1.165, 1.54) is 0 Å². The third kappa shape index (κ3) is 6.94. The lowest BCUT2D eigenvalue weighted by Crippen LogP contribution is -2.40. The zero-order valence-electron chi connectivity index (χ0n) is 13.6. The van der Waals surface area contributed by atoms with Crippen LogP contribution in [-0.4, -0.2) is 37.6 Å². The van der Waals surface area contributed by atoms with E-state index >= 15 is 0 Å². The second kappa shape index (κ2) is 10.9. The number of rotatable bonds is 7. The molecule has 0 radical (unpaired) electrons. The van der Waals surface area contributed by atoms with Crippen LogP contribution < -0.4 is 10.1 Å². The summed E-state index contributed by atoms with van der Waals surface area (Å²) in [6.07, 6.45) is 1.66. The van der Waals surface area contributed by atoms with E-state index in [1.54, 1.807) is 6.26 Å². The summed E-state index contributed by atoms with van der Waals surface area (Å²) in [5.74, 6) is 2.58. The third-order valence-corrected chi connectivity index (χ3v) is 3.10. The molecule has 0 unspecified atom stereocenters. The average molecular weight is 429 g/mol. The van der Waals surface area contributed by atoms with Crippen LogP contribution in [-0.2, 0) is 6.54 Å². The normalized spacial score (nSPS) is 10.8. The molecule has 0 spiro atoms. The minimum atomic E-state index is 0. The minimum Gasteiger partial charge on any atom is -0.492 e. The smallest absolute Gasteiger partial charge is 0.194 e. The zero-order chi connectivity index (χ0) is 15.6. The first-order valence-electron chi connectivity index (χ1n) is 7.49. The van der Waals surface area contributed by atoms with Crippen molar-refractivity contribution < 1.29 is 9.15 Å². The van der Waals surface area contributed by atoms with Crippen molar-refractivity contribution in [2.45, 2.75) is 13.5 Å². The molecule has 126 valence electrons. The standard InChI is InChI=1S/C17H23N3O2.HI/c1-3-18-17(19-14-16-10-7-12-21-16)20(2)11-13-22-15-8-5-4-6-9-15;/h4-10,12H,3,11,13-14H2,1-2H3,(H,18,19);1H. The van der Waals surface area contributed by atoms with Crippen LogP contribution in [0.1, 0.15) is 12.7 Å². The van der Waals surface area contributed by atoms with Crippen LogP contribution in [0.2, 0.25) is 0 Å². The SMILES string of the molecule is CCNC(=NCc1ccco1)N(C)CCOc1ccccc1.I. The first kappa shape index (κ1) is 19.3. The summed E-state index contributed by atoms with van der Waals surface area (Å²) in [6.45, 7) is 4.75. The predicted octanol–water partition coefficient (Wildman–Crippen LogP) is 3.37. The van der Waals surface area contributed by atoms with E-state index in [9.17, 15) is 0 Å². The Balaban J connectivity index is 0.00000264. The Labute approximate surface area is 154 Å². The fourth-order valence-corrected chi connectivity index (χ4v) is 1.95. The molecule has 1 N–H and O–H groups in total. The molecule has 0 aliphatic carbocycles. The van der Waals surface area contributed by atoms with Crippen LogP contribution in [0.5, 0.6) is 5.75 Å². The minimum absolute atomic E-state index is 0. The van der Waals surface area contributed by atoms with Crippen LogP contribution in [0.4, 0.5) is 0 Å². The summed E-state index contributed by atoms with van der Waals surface area (Å²) >= 11 is 0. The Morgan fingerprint density at radius 1 is 1.22 bits per heavy atom. The molecule has 1 aromatic carbocycles. The monoisotopic (exact) mass is 429 g/mol. The van der Waals surface area contributed by atoms with E-state index in [-0.39, 0.29) is 24.0 Å². The maximum atomic E-state index is 5.71. The lowest BCUT2D eigenvalue weighted by molar-refractivity contribution is 0.281. The highest BCUT2D eigenvalue weighted by Crippen LogP contribution is 2.08. The predicted molar refractivity (Wildman–Crippen MR) is 104 cm³/mol. The van der Waals surface area contributed by atoms with Crippen molar-refractivity contribution in [1.29, 1.82) is 0 Å². The Kier molecular flexibility index (Phi) is 9.20. The molecular weight excluding hydrogens is 405 g/mol. The molecule has 2 rings (SSSR count). The zero-order valence-corrected chi connectivity index (χ0v) is 15.9. The van der Waals surface area contributed by atoms with Crippen molar-refractivity contribution in [3.63, 3.8) is 0 Å². The Bertz CT molecular complexity index is 558. The molecule has 0 fully saturated rings. The van der Waals surface area contributed by atoms with Gasteiger partial charge in [0.05, 0.1) is 12.8 Å². The Hall–Kier alpha value is -1.70. The molecule has 0 amide bonds. The van der Waals surface area contributed by atoms with E-state index in [0.717, 1.165) is 30.6 Å². The van der Waals surface area contributed by atoms with Crippen molar-refractivity contribution >= 4 is 29.9 Å². The molecule has 0 saturated carbocycles. The molecule has 0 aliphatic heterocycles. The molecular formula is C17H24IN3O2. The summed E-state index contributed by atoms with van der Waals surface area (Å²) in [7, 11) is 2.00. The van der Waals surface area contributed by atoms with Crippen molar-refractivity contribution in [3.8, 4) is 5.75 Å². The molecule has 0 aliphatic rings. The number of hydrogen-bond acceptors (Lipinski definition) is 3. The van der Waals surface area contributed by atoms with E-state index in [0.29, 0.717) is 13.2 Å². The van der Waals surface area contributed by atoms with E-state index in [4.69, 9.17) is 9.15 Å². The fraction of sp³-hybridized carbons (Fsp3) is 0.353. The first-order chi connectivity index (χ1) is 10.8. The highest BCUT2D eigenvalue weighted by molar-refractivity contribution is 14.0. The van der Waals surface area contributed by atoms with Crippen molar-refractivity contribution in [2.75, 3.05) is 26.7 Å². The highest BCUT2D eigenvalue weighted by atomic mass is 127. The van der Waals surface area contributed by atoms with Gasteiger partial charge in [0.25, 0.3) is 0 Å². The van der Waals surface area contributed by atoms with Crippen LogP contribution in [0.15, 0.2) is 58.1 Å². The number of furan rings is 1. The second-order valence-corrected chi connectivity index (χ2v) is 4.83. The number of halogens is 1. The molecule has 0 atom stereocenters. The molecule has 0 saturated heterocycles.